The summed E-state index contributed by atoms with van der Waals surface area (Å²) in [7, 11) is 0. The Morgan fingerprint density at radius 2 is 2.03 bits per heavy atom. The van der Waals surface area contributed by atoms with Crippen LogP contribution in [0.4, 0.5) is 10.1 Å². The van der Waals surface area contributed by atoms with Gasteiger partial charge in [0.1, 0.15) is 22.3 Å². The van der Waals surface area contributed by atoms with Crippen molar-refractivity contribution in [2.75, 3.05) is 18.0 Å². The van der Waals surface area contributed by atoms with E-state index in [0.29, 0.717) is 42.0 Å². The van der Waals surface area contributed by atoms with Crippen molar-refractivity contribution < 1.29 is 19.0 Å². The summed E-state index contributed by atoms with van der Waals surface area (Å²) in [4.78, 5) is 30.9. The molecule has 0 aliphatic carbocycles. The number of benzene rings is 2. The van der Waals surface area contributed by atoms with Crippen LogP contribution >= 0.6 is 24.8 Å². The minimum absolute atomic E-state index is 0. The molecule has 0 unspecified atom stereocenters. The Morgan fingerprint density at radius 3 is 2.74 bits per heavy atom. The molecule has 8 nitrogen and oxygen atoms in total. The van der Waals surface area contributed by atoms with Crippen LogP contribution in [0.15, 0.2) is 47.5 Å². The van der Waals surface area contributed by atoms with E-state index in [1.807, 2.05) is 12.1 Å². The van der Waals surface area contributed by atoms with E-state index in [-0.39, 0.29) is 47.7 Å². The van der Waals surface area contributed by atoms with Gasteiger partial charge in [-0.05, 0) is 24.6 Å². The monoisotopic (exact) mass is 504 g/mol. The molecule has 176 valence electrons. The third kappa shape index (κ3) is 3.27. The SMILES string of the molecule is Cl.Cl.N[C@H]1CCN(c2c(F)cc3c(=O)c(C(=O)O)cn4c3c2Oc2c-4ccc3cccnc23)C1. The maximum absolute atomic E-state index is 15.4. The van der Waals surface area contributed by atoms with Gasteiger partial charge in [0.15, 0.2) is 17.3 Å². The molecule has 1 saturated heterocycles. The lowest BCUT2D eigenvalue weighted by Crippen LogP contribution is -2.28. The molecular weight excluding hydrogens is 486 g/mol. The first-order valence-corrected chi connectivity index (χ1v) is 10.2. The number of carboxylic acids is 1. The molecule has 0 saturated carbocycles. The van der Waals surface area contributed by atoms with Crippen LogP contribution in [0.3, 0.4) is 0 Å². The molecule has 0 amide bonds. The smallest absolute Gasteiger partial charge is 0.341 e. The van der Waals surface area contributed by atoms with Gasteiger partial charge in [0, 0.05) is 36.9 Å². The summed E-state index contributed by atoms with van der Waals surface area (Å²) in [6.07, 6.45) is 3.59. The standard InChI is InChI=1S/C23H17FN4O4.2ClH/c24-15-8-13-18-22(19(15)27-7-5-12(25)9-27)32-21-16(4-3-11-2-1-6-26-17(11)21)28(18)10-14(20(13)29)23(30)31;;/h1-4,6,8,10,12H,5,7,9,25H2,(H,30,31);2*1H/t12-;;/m0../s1. The number of carboxylic acid groups (broad SMARTS) is 1. The van der Waals surface area contributed by atoms with Crippen molar-refractivity contribution in [3.05, 3.63) is 64.3 Å². The number of fused-ring (bicyclic) bond motifs is 4. The molecule has 34 heavy (non-hydrogen) atoms. The molecule has 11 heteroatoms. The molecule has 0 radical (unpaired) electrons. The van der Waals surface area contributed by atoms with E-state index >= 15 is 4.39 Å². The Balaban J connectivity index is 0.00000137. The number of hydrogen-bond acceptors (Lipinski definition) is 6. The number of halogens is 3. The number of rotatable bonds is 2. The molecule has 4 heterocycles. The van der Waals surface area contributed by atoms with Gasteiger partial charge in [0.2, 0.25) is 5.43 Å². The number of carbonyl (C=O) groups is 1. The molecule has 3 N–H and O–H groups in total. The lowest BCUT2D eigenvalue weighted by atomic mass is 10.0. The van der Waals surface area contributed by atoms with Gasteiger partial charge in [0.05, 0.1) is 11.1 Å². The van der Waals surface area contributed by atoms with E-state index in [1.54, 1.807) is 27.8 Å². The summed E-state index contributed by atoms with van der Waals surface area (Å²) in [5.74, 6) is -1.52. The maximum Gasteiger partial charge on any atom is 0.341 e. The van der Waals surface area contributed by atoms with Gasteiger partial charge in [-0.1, -0.05) is 12.1 Å². The summed E-state index contributed by atoms with van der Waals surface area (Å²) < 4.78 is 23.3. The molecule has 2 aliphatic heterocycles. The normalized spacial score (nSPS) is 15.9. The predicted octanol–water partition coefficient (Wildman–Crippen LogP) is 3.86. The summed E-state index contributed by atoms with van der Waals surface area (Å²) in [5, 5.41) is 10.4. The Bertz CT molecular complexity index is 1540. The van der Waals surface area contributed by atoms with Crippen LogP contribution in [0.25, 0.3) is 27.5 Å². The highest BCUT2D eigenvalue weighted by Gasteiger charge is 2.33. The van der Waals surface area contributed by atoms with Crippen LogP contribution in [0, 0.1) is 5.82 Å². The Morgan fingerprint density at radius 1 is 1.24 bits per heavy atom. The van der Waals surface area contributed by atoms with E-state index < -0.39 is 22.8 Å². The molecular formula is C23H19Cl2FN4O4. The zero-order chi connectivity index (χ0) is 22.1. The number of ether oxygens (including phenoxy) is 1. The van der Waals surface area contributed by atoms with Crippen LogP contribution in [0.1, 0.15) is 16.8 Å². The zero-order valence-corrected chi connectivity index (χ0v) is 19.2. The van der Waals surface area contributed by atoms with Crippen LogP contribution < -0.4 is 20.8 Å². The Hall–Kier alpha value is -3.40. The second kappa shape index (κ2) is 8.43. The average Bonchev–Trinajstić information content (AvgIpc) is 3.20. The maximum atomic E-state index is 15.4. The van der Waals surface area contributed by atoms with Crippen molar-refractivity contribution >= 4 is 58.3 Å². The molecule has 0 bridgehead atoms. The third-order valence-corrected chi connectivity index (χ3v) is 6.11. The molecule has 1 fully saturated rings. The summed E-state index contributed by atoms with van der Waals surface area (Å²) in [6.45, 7) is 0.981. The van der Waals surface area contributed by atoms with E-state index in [9.17, 15) is 14.7 Å². The highest BCUT2D eigenvalue weighted by atomic mass is 35.5. The number of nitrogens with zero attached hydrogens (tertiary/aromatic N) is 3. The van der Waals surface area contributed by atoms with Gasteiger partial charge in [-0.2, -0.15) is 0 Å². The number of pyridine rings is 2. The first kappa shape index (κ1) is 23.7. The summed E-state index contributed by atoms with van der Waals surface area (Å²) in [6, 6.07) is 8.26. The molecule has 1 atom stereocenters. The number of hydrogen-bond donors (Lipinski definition) is 2. The van der Waals surface area contributed by atoms with Gasteiger partial charge in [0.25, 0.3) is 0 Å². The number of aromatic nitrogens is 2. The second-order valence-corrected chi connectivity index (χ2v) is 8.07. The fourth-order valence-electron chi connectivity index (χ4n) is 4.64. The number of aromatic carboxylic acids is 1. The molecule has 2 aromatic carbocycles. The summed E-state index contributed by atoms with van der Waals surface area (Å²) in [5.41, 5.74) is 6.43. The van der Waals surface area contributed by atoms with Crippen LogP contribution in [-0.4, -0.2) is 39.8 Å². The van der Waals surface area contributed by atoms with Crippen molar-refractivity contribution in [1.82, 2.24) is 9.55 Å². The minimum atomic E-state index is -1.39. The predicted molar refractivity (Wildman–Crippen MR) is 131 cm³/mol. The topological polar surface area (TPSA) is 111 Å². The van der Waals surface area contributed by atoms with Crippen LogP contribution in [0.5, 0.6) is 11.5 Å². The van der Waals surface area contributed by atoms with Gasteiger partial charge in [-0.15, -0.1) is 24.8 Å². The fourth-order valence-corrected chi connectivity index (χ4v) is 4.64. The van der Waals surface area contributed by atoms with Crippen molar-refractivity contribution in [3.63, 3.8) is 0 Å². The van der Waals surface area contributed by atoms with Crippen molar-refractivity contribution in [2.24, 2.45) is 5.73 Å². The fraction of sp³-hybridized carbons (Fsp3) is 0.174. The van der Waals surface area contributed by atoms with Crippen molar-refractivity contribution in [3.8, 4) is 17.2 Å². The number of anilines is 1. The van der Waals surface area contributed by atoms with E-state index in [2.05, 4.69) is 4.98 Å². The molecule has 0 spiro atoms. The van der Waals surface area contributed by atoms with Crippen LogP contribution in [-0.2, 0) is 0 Å². The summed E-state index contributed by atoms with van der Waals surface area (Å²) >= 11 is 0. The average molecular weight is 505 g/mol. The van der Waals surface area contributed by atoms with Gasteiger partial charge in [-0.3, -0.25) is 9.78 Å². The van der Waals surface area contributed by atoms with Gasteiger partial charge < -0.3 is 25.0 Å². The molecule has 6 rings (SSSR count). The van der Waals surface area contributed by atoms with E-state index in [1.165, 1.54) is 6.20 Å². The zero-order valence-electron chi connectivity index (χ0n) is 17.5. The lowest BCUT2D eigenvalue weighted by molar-refractivity contribution is 0.0695. The van der Waals surface area contributed by atoms with Crippen LogP contribution in [0.2, 0.25) is 0 Å². The first-order chi connectivity index (χ1) is 15.4. The lowest BCUT2D eigenvalue weighted by Gasteiger charge is -2.29. The van der Waals surface area contributed by atoms with Crippen molar-refractivity contribution in [2.45, 2.75) is 12.5 Å². The quantitative estimate of drug-likeness (QED) is 0.375. The minimum Gasteiger partial charge on any atom is -0.477 e. The van der Waals surface area contributed by atoms with Crippen molar-refractivity contribution in [1.29, 1.82) is 0 Å². The van der Waals surface area contributed by atoms with E-state index in [0.717, 1.165) is 11.5 Å². The van der Waals surface area contributed by atoms with E-state index in [4.69, 9.17) is 10.5 Å². The number of nitrogens with two attached hydrogens (primary N) is 1. The third-order valence-electron chi connectivity index (χ3n) is 6.11. The first-order valence-electron chi connectivity index (χ1n) is 10.2. The Kier molecular flexibility index (Phi) is 5.89. The second-order valence-electron chi connectivity index (χ2n) is 8.07. The highest BCUT2D eigenvalue weighted by molar-refractivity contribution is 6.01. The molecule has 2 aliphatic rings. The largest absolute Gasteiger partial charge is 0.477 e. The molecule has 2 aromatic heterocycles. The molecule has 4 aromatic rings. The Labute approximate surface area is 204 Å². The highest BCUT2D eigenvalue weighted by Crippen LogP contribution is 2.48. The van der Waals surface area contributed by atoms with Gasteiger partial charge in [-0.25, -0.2) is 9.18 Å². The van der Waals surface area contributed by atoms with Gasteiger partial charge >= 0.3 is 5.97 Å².